The van der Waals surface area contributed by atoms with Gasteiger partial charge in [-0.15, -0.1) is 0 Å². The Morgan fingerprint density at radius 3 is 2.42 bits per heavy atom. The summed E-state index contributed by atoms with van der Waals surface area (Å²) >= 11 is 3.26. The van der Waals surface area contributed by atoms with Crippen molar-refractivity contribution in [3.05, 3.63) is 58.1 Å². The Morgan fingerprint density at radius 2 is 1.89 bits per heavy atom. The van der Waals surface area contributed by atoms with E-state index in [-0.39, 0.29) is 5.56 Å². The minimum Gasteiger partial charge on any atom is -0.478 e. The van der Waals surface area contributed by atoms with Crippen LogP contribution >= 0.6 is 15.9 Å². The van der Waals surface area contributed by atoms with E-state index in [4.69, 9.17) is 15.1 Å². The predicted octanol–water partition coefficient (Wildman–Crippen LogP) is 3.81. The summed E-state index contributed by atoms with van der Waals surface area (Å²) in [4.78, 5) is 10.8. The zero-order valence-electron chi connectivity index (χ0n) is 9.63. The molecule has 1 N–H and O–H groups in total. The first-order valence-electron chi connectivity index (χ1n) is 5.31. The first-order chi connectivity index (χ1) is 9.10. The van der Waals surface area contributed by atoms with Crippen molar-refractivity contribution in [1.29, 1.82) is 5.26 Å². The highest BCUT2D eigenvalue weighted by molar-refractivity contribution is 9.10. The van der Waals surface area contributed by atoms with Gasteiger partial charge in [0.15, 0.2) is 0 Å². The number of hydrogen-bond donors (Lipinski definition) is 1. The van der Waals surface area contributed by atoms with E-state index >= 15 is 0 Å². The lowest BCUT2D eigenvalue weighted by atomic mass is 10.2. The third kappa shape index (κ3) is 3.12. The first-order valence-corrected chi connectivity index (χ1v) is 6.10. The van der Waals surface area contributed by atoms with Crippen molar-refractivity contribution in [3.8, 4) is 17.6 Å². The highest BCUT2D eigenvalue weighted by Crippen LogP contribution is 2.30. The van der Waals surface area contributed by atoms with Crippen LogP contribution in [0.25, 0.3) is 0 Å². The van der Waals surface area contributed by atoms with E-state index in [1.165, 1.54) is 12.1 Å². The molecule has 2 aromatic carbocycles. The summed E-state index contributed by atoms with van der Waals surface area (Å²) in [5, 5.41) is 17.5. The zero-order chi connectivity index (χ0) is 13.8. The summed E-state index contributed by atoms with van der Waals surface area (Å²) in [7, 11) is 0. The normalized spacial score (nSPS) is 9.68. The molecule has 0 spiro atoms. The van der Waals surface area contributed by atoms with Gasteiger partial charge in [0, 0.05) is 0 Å². The minimum absolute atomic E-state index is 0.180. The van der Waals surface area contributed by atoms with Gasteiger partial charge in [0.25, 0.3) is 0 Å². The Balaban J connectivity index is 2.23. The molecule has 5 heteroatoms. The Hall–Kier alpha value is -2.32. The van der Waals surface area contributed by atoms with E-state index in [2.05, 4.69) is 15.9 Å². The number of hydrogen-bond acceptors (Lipinski definition) is 3. The number of ether oxygens (including phenoxy) is 1. The number of benzene rings is 2. The van der Waals surface area contributed by atoms with E-state index < -0.39 is 5.97 Å². The van der Waals surface area contributed by atoms with Crippen molar-refractivity contribution in [1.82, 2.24) is 0 Å². The molecule has 0 bridgehead atoms. The number of carboxylic acids is 1. The first kappa shape index (κ1) is 13.1. The van der Waals surface area contributed by atoms with E-state index in [1.807, 2.05) is 6.07 Å². The molecule has 0 saturated heterocycles. The Bertz CT molecular complexity index is 659. The lowest BCUT2D eigenvalue weighted by molar-refractivity contribution is 0.0697. The summed E-state index contributed by atoms with van der Waals surface area (Å²) < 4.78 is 6.15. The molecule has 0 radical (unpaired) electrons. The van der Waals surface area contributed by atoms with Gasteiger partial charge in [0.2, 0.25) is 0 Å². The average Bonchev–Trinajstić information content (AvgIpc) is 2.41. The third-order valence-corrected chi connectivity index (χ3v) is 3.01. The molecule has 0 aliphatic carbocycles. The summed E-state index contributed by atoms with van der Waals surface area (Å²) in [5.41, 5.74) is 0.728. The Morgan fingerprint density at radius 1 is 1.21 bits per heavy atom. The zero-order valence-corrected chi connectivity index (χ0v) is 11.2. The van der Waals surface area contributed by atoms with Crippen LogP contribution < -0.4 is 4.74 Å². The van der Waals surface area contributed by atoms with Crippen molar-refractivity contribution in [2.24, 2.45) is 0 Å². The largest absolute Gasteiger partial charge is 0.478 e. The van der Waals surface area contributed by atoms with Crippen LogP contribution in [0.1, 0.15) is 15.9 Å². The minimum atomic E-state index is -0.995. The molecular weight excluding hydrogens is 310 g/mol. The van der Waals surface area contributed by atoms with E-state index in [9.17, 15) is 4.79 Å². The summed E-state index contributed by atoms with van der Waals surface area (Å²) in [6.45, 7) is 0. The topological polar surface area (TPSA) is 70.3 Å². The summed E-state index contributed by atoms with van der Waals surface area (Å²) in [6, 6.07) is 13.2. The molecule has 0 aliphatic heterocycles. The molecular formula is C14H8BrNO3. The van der Waals surface area contributed by atoms with Crippen molar-refractivity contribution in [2.45, 2.75) is 0 Å². The molecule has 0 aromatic heterocycles. The Kier molecular flexibility index (Phi) is 3.83. The molecule has 0 saturated carbocycles. The summed E-state index contributed by atoms with van der Waals surface area (Å²) in [5.74, 6) is 0.0862. The van der Waals surface area contributed by atoms with Crippen LogP contribution in [0.15, 0.2) is 46.9 Å². The second kappa shape index (κ2) is 5.55. The second-order valence-electron chi connectivity index (χ2n) is 3.69. The molecule has 19 heavy (non-hydrogen) atoms. The van der Waals surface area contributed by atoms with Crippen LogP contribution in [0.2, 0.25) is 0 Å². The van der Waals surface area contributed by atoms with Gasteiger partial charge < -0.3 is 9.84 Å². The predicted molar refractivity (Wildman–Crippen MR) is 72.3 cm³/mol. The van der Waals surface area contributed by atoms with Gasteiger partial charge in [0.05, 0.1) is 21.7 Å². The van der Waals surface area contributed by atoms with Crippen molar-refractivity contribution < 1.29 is 14.6 Å². The van der Waals surface area contributed by atoms with Crippen molar-refractivity contribution >= 4 is 21.9 Å². The Labute approximate surface area is 118 Å². The molecule has 0 heterocycles. The van der Waals surface area contributed by atoms with Crippen molar-refractivity contribution in [2.75, 3.05) is 0 Å². The highest BCUT2D eigenvalue weighted by atomic mass is 79.9. The molecule has 0 aliphatic rings. The van der Waals surface area contributed by atoms with Gasteiger partial charge in [-0.2, -0.15) is 5.26 Å². The van der Waals surface area contributed by atoms with Crippen LogP contribution in [0.3, 0.4) is 0 Å². The van der Waals surface area contributed by atoms with Gasteiger partial charge in [-0.25, -0.2) is 4.79 Å². The molecule has 0 fully saturated rings. The number of carbonyl (C=O) groups is 1. The average molecular weight is 318 g/mol. The standard InChI is InChI=1S/C14H8BrNO3/c15-12-7-10(14(17)18)3-6-13(12)19-11-4-1-9(8-16)2-5-11/h1-7H,(H,17,18). The van der Waals surface area contributed by atoms with E-state index in [0.717, 1.165) is 0 Å². The van der Waals surface area contributed by atoms with Crippen molar-refractivity contribution in [3.63, 3.8) is 0 Å². The molecule has 2 rings (SSSR count). The monoisotopic (exact) mass is 317 g/mol. The lowest BCUT2D eigenvalue weighted by Crippen LogP contribution is -1.96. The van der Waals surface area contributed by atoms with Gasteiger partial charge in [0.1, 0.15) is 11.5 Å². The highest BCUT2D eigenvalue weighted by Gasteiger charge is 2.08. The smallest absolute Gasteiger partial charge is 0.335 e. The fourth-order valence-corrected chi connectivity index (χ4v) is 1.90. The van der Waals surface area contributed by atoms with Crippen LogP contribution in [-0.4, -0.2) is 11.1 Å². The van der Waals surface area contributed by atoms with Gasteiger partial charge >= 0.3 is 5.97 Å². The van der Waals surface area contributed by atoms with Crippen LogP contribution in [-0.2, 0) is 0 Å². The quantitative estimate of drug-likeness (QED) is 0.934. The number of rotatable bonds is 3. The second-order valence-corrected chi connectivity index (χ2v) is 4.54. The molecule has 2 aromatic rings. The van der Waals surface area contributed by atoms with Gasteiger partial charge in [-0.3, -0.25) is 0 Å². The number of aromatic carboxylic acids is 1. The maximum Gasteiger partial charge on any atom is 0.335 e. The summed E-state index contributed by atoms with van der Waals surface area (Å²) in [6.07, 6.45) is 0. The number of halogens is 1. The molecule has 0 unspecified atom stereocenters. The fraction of sp³-hybridized carbons (Fsp3) is 0. The lowest BCUT2D eigenvalue weighted by Gasteiger charge is -2.08. The molecule has 94 valence electrons. The third-order valence-electron chi connectivity index (χ3n) is 2.39. The fourth-order valence-electron chi connectivity index (χ4n) is 1.44. The van der Waals surface area contributed by atoms with Gasteiger partial charge in [-0.1, -0.05) is 0 Å². The van der Waals surface area contributed by atoms with E-state index in [0.29, 0.717) is 21.5 Å². The van der Waals surface area contributed by atoms with Crippen LogP contribution in [0, 0.1) is 11.3 Å². The maximum absolute atomic E-state index is 10.8. The van der Waals surface area contributed by atoms with Crippen LogP contribution in [0.4, 0.5) is 0 Å². The maximum atomic E-state index is 10.8. The molecule has 0 atom stereocenters. The molecule has 4 nitrogen and oxygen atoms in total. The molecule has 0 amide bonds. The van der Waals surface area contributed by atoms with Gasteiger partial charge in [-0.05, 0) is 58.4 Å². The number of carboxylic acid groups (broad SMARTS) is 1. The number of nitriles is 1. The SMILES string of the molecule is N#Cc1ccc(Oc2ccc(C(=O)O)cc2Br)cc1. The van der Waals surface area contributed by atoms with Crippen LogP contribution in [0.5, 0.6) is 11.5 Å². The van der Waals surface area contributed by atoms with E-state index in [1.54, 1.807) is 30.3 Å². The number of nitrogens with zero attached hydrogens (tertiary/aromatic N) is 1.